The third-order valence-corrected chi connectivity index (χ3v) is 6.57. The lowest BCUT2D eigenvalue weighted by atomic mass is 9.70. The molecule has 2 amide bonds. The second kappa shape index (κ2) is 7.35. The van der Waals surface area contributed by atoms with Crippen LogP contribution in [0.25, 0.3) is 0 Å². The minimum atomic E-state index is -0.547. The van der Waals surface area contributed by atoms with Gasteiger partial charge in [0, 0.05) is 50.6 Å². The quantitative estimate of drug-likeness (QED) is 0.839. The number of carbonyl (C=O) groups is 2. The summed E-state index contributed by atoms with van der Waals surface area (Å²) in [5.41, 5.74) is -0.325. The lowest BCUT2D eigenvalue weighted by molar-refractivity contribution is -0.156. The molecule has 7 heteroatoms. The lowest BCUT2D eigenvalue weighted by Gasteiger charge is -2.48. The zero-order valence-electron chi connectivity index (χ0n) is 16.5. The molecule has 2 saturated heterocycles. The van der Waals surface area contributed by atoms with E-state index in [1.165, 1.54) is 18.9 Å². The van der Waals surface area contributed by atoms with Gasteiger partial charge >= 0.3 is 0 Å². The number of nitrogens with zero attached hydrogens (tertiary/aromatic N) is 3. The second-order valence-electron chi connectivity index (χ2n) is 8.62. The van der Waals surface area contributed by atoms with E-state index >= 15 is 0 Å². The molecule has 1 aliphatic carbocycles. The molecule has 3 heterocycles. The Balaban J connectivity index is 1.44. The van der Waals surface area contributed by atoms with Crippen LogP contribution < -0.4 is 5.56 Å². The summed E-state index contributed by atoms with van der Waals surface area (Å²) >= 11 is 0. The Morgan fingerprint density at radius 3 is 2.57 bits per heavy atom. The van der Waals surface area contributed by atoms with E-state index in [9.17, 15) is 19.5 Å². The van der Waals surface area contributed by atoms with Crippen molar-refractivity contribution in [3.8, 4) is 0 Å². The highest BCUT2D eigenvalue weighted by atomic mass is 16.3. The molecule has 0 aromatic carbocycles. The van der Waals surface area contributed by atoms with Crippen molar-refractivity contribution >= 4 is 11.8 Å². The molecule has 3 aliphatic rings. The molecule has 0 bridgehead atoms. The van der Waals surface area contributed by atoms with Crippen LogP contribution in [0.3, 0.4) is 0 Å². The van der Waals surface area contributed by atoms with Gasteiger partial charge in [-0.3, -0.25) is 14.4 Å². The molecular weight excluding hydrogens is 358 g/mol. The number of hydrogen-bond donors (Lipinski definition) is 1. The third-order valence-electron chi connectivity index (χ3n) is 6.57. The minimum Gasteiger partial charge on any atom is -0.391 e. The van der Waals surface area contributed by atoms with E-state index in [0.29, 0.717) is 56.9 Å². The van der Waals surface area contributed by atoms with E-state index in [0.717, 1.165) is 6.54 Å². The molecule has 4 rings (SSSR count). The number of rotatable bonds is 4. The fourth-order valence-corrected chi connectivity index (χ4v) is 4.69. The van der Waals surface area contributed by atoms with Gasteiger partial charge in [0.25, 0.3) is 11.5 Å². The number of β-amino-alcohol motifs (C(OH)–C–C–N with tert-alkyl or cyclic N) is 1. The van der Waals surface area contributed by atoms with Gasteiger partial charge in [-0.2, -0.15) is 0 Å². The molecule has 1 saturated carbocycles. The highest BCUT2D eigenvalue weighted by molar-refractivity contribution is 5.94. The summed E-state index contributed by atoms with van der Waals surface area (Å²) in [6, 6.07) is 3.08. The van der Waals surface area contributed by atoms with Crippen molar-refractivity contribution in [3.63, 3.8) is 0 Å². The molecule has 3 fully saturated rings. The maximum atomic E-state index is 13.1. The molecule has 28 heavy (non-hydrogen) atoms. The number of piperidine rings is 2. The second-order valence-corrected chi connectivity index (χ2v) is 8.62. The first kappa shape index (κ1) is 19.2. The first-order valence-corrected chi connectivity index (χ1v) is 10.4. The summed E-state index contributed by atoms with van der Waals surface area (Å²) < 4.78 is 1.55. The van der Waals surface area contributed by atoms with Crippen LogP contribution in [0.15, 0.2) is 23.1 Å². The van der Waals surface area contributed by atoms with Crippen molar-refractivity contribution < 1.29 is 14.7 Å². The van der Waals surface area contributed by atoms with Gasteiger partial charge in [-0.1, -0.05) is 0 Å². The Labute approximate surface area is 164 Å². The molecule has 1 unspecified atom stereocenters. The monoisotopic (exact) mass is 387 g/mol. The van der Waals surface area contributed by atoms with Crippen molar-refractivity contribution in [2.75, 3.05) is 26.2 Å². The van der Waals surface area contributed by atoms with Gasteiger partial charge in [0.05, 0.1) is 11.5 Å². The fourth-order valence-electron chi connectivity index (χ4n) is 4.69. The number of aryl methyl sites for hydroxylation is 1. The summed E-state index contributed by atoms with van der Waals surface area (Å²) in [7, 11) is 0. The average Bonchev–Trinajstić information content (AvgIpc) is 3.50. The number of hydrogen-bond acceptors (Lipinski definition) is 4. The fraction of sp³-hybridized carbons (Fsp3) is 0.667. The molecule has 1 spiro atoms. The van der Waals surface area contributed by atoms with Gasteiger partial charge in [0.15, 0.2) is 0 Å². The van der Waals surface area contributed by atoms with Crippen LogP contribution in [0.1, 0.15) is 49.4 Å². The number of aliphatic hydroxyl groups is 1. The molecule has 152 valence electrons. The Bertz CT molecular complexity index is 819. The Morgan fingerprint density at radius 1 is 1.25 bits per heavy atom. The van der Waals surface area contributed by atoms with Crippen molar-refractivity contribution in [2.45, 2.75) is 51.7 Å². The minimum absolute atomic E-state index is 0.155. The van der Waals surface area contributed by atoms with Gasteiger partial charge in [-0.25, -0.2) is 0 Å². The van der Waals surface area contributed by atoms with Crippen molar-refractivity contribution in [1.82, 2.24) is 14.4 Å². The standard InChI is InChI=1S/C21H29N3O4/c1-2-22-8-5-16(11-18(22)26)19(27)23-9-6-21(7-10-23)12-17(25)14-24(20(21)28)13-15-3-4-15/h5,8,11,15,17,25H,2-4,6-7,9-10,12-14H2,1H3. The zero-order valence-corrected chi connectivity index (χ0v) is 16.5. The van der Waals surface area contributed by atoms with Gasteiger partial charge in [-0.05, 0) is 51.0 Å². The van der Waals surface area contributed by atoms with Gasteiger partial charge < -0.3 is 19.5 Å². The van der Waals surface area contributed by atoms with E-state index in [4.69, 9.17) is 0 Å². The first-order valence-electron chi connectivity index (χ1n) is 10.4. The summed E-state index contributed by atoms with van der Waals surface area (Å²) in [4.78, 5) is 41.6. The van der Waals surface area contributed by atoms with E-state index in [1.54, 1.807) is 21.7 Å². The molecule has 1 atom stereocenters. The summed E-state index contributed by atoms with van der Waals surface area (Å²) in [5, 5.41) is 10.4. The van der Waals surface area contributed by atoms with Crippen molar-refractivity contribution in [2.24, 2.45) is 11.3 Å². The highest BCUT2D eigenvalue weighted by Gasteiger charge is 2.49. The maximum Gasteiger partial charge on any atom is 0.254 e. The predicted octanol–water partition coefficient (Wildman–Crippen LogP) is 1.09. The van der Waals surface area contributed by atoms with Crippen LogP contribution in [-0.2, 0) is 11.3 Å². The van der Waals surface area contributed by atoms with Crippen LogP contribution in [0.5, 0.6) is 0 Å². The normalized spacial score (nSPS) is 24.6. The molecule has 2 aliphatic heterocycles. The number of pyridine rings is 1. The number of aromatic nitrogens is 1. The molecule has 1 aromatic heterocycles. The smallest absolute Gasteiger partial charge is 0.254 e. The largest absolute Gasteiger partial charge is 0.391 e. The van der Waals surface area contributed by atoms with E-state index in [1.807, 2.05) is 11.8 Å². The topological polar surface area (TPSA) is 82.8 Å². The third kappa shape index (κ3) is 3.60. The summed E-state index contributed by atoms with van der Waals surface area (Å²) in [6.07, 6.45) is 5.14. The van der Waals surface area contributed by atoms with E-state index in [-0.39, 0.29) is 17.4 Å². The highest BCUT2D eigenvalue weighted by Crippen LogP contribution is 2.42. The average molecular weight is 387 g/mol. The molecule has 1 N–H and O–H groups in total. The van der Waals surface area contributed by atoms with Crippen LogP contribution in [0.4, 0.5) is 0 Å². The van der Waals surface area contributed by atoms with Gasteiger partial charge in [0.1, 0.15) is 0 Å². The number of carbonyl (C=O) groups excluding carboxylic acids is 2. The van der Waals surface area contributed by atoms with Crippen molar-refractivity contribution in [1.29, 1.82) is 0 Å². The molecule has 1 aromatic rings. The van der Waals surface area contributed by atoms with E-state index < -0.39 is 11.5 Å². The maximum absolute atomic E-state index is 13.1. The summed E-state index contributed by atoms with van der Waals surface area (Å²) in [5.74, 6) is 0.592. The first-order chi connectivity index (χ1) is 13.4. The van der Waals surface area contributed by atoms with Crippen LogP contribution in [-0.4, -0.2) is 63.6 Å². The van der Waals surface area contributed by atoms with Gasteiger partial charge in [0.2, 0.25) is 5.91 Å². The van der Waals surface area contributed by atoms with E-state index in [2.05, 4.69) is 0 Å². The number of likely N-dealkylation sites (tertiary alicyclic amines) is 2. The Kier molecular flexibility index (Phi) is 5.04. The SMILES string of the molecule is CCn1ccc(C(=O)N2CCC3(CC2)CC(O)CN(CC2CC2)C3=O)cc1=O. The van der Waals surface area contributed by atoms with Crippen LogP contribution >= 0.6 is 0 Å². The molecule has 7 nitrogen and oxygen atoms in total. The summed E-state index contributed by atoms with van der Waals surface area (Å²) in [6.45, 7) is 4.61. The van der Waals surface area contributed by atoms with Crippen LogP contribution in [0.2, 0.25) is 0 Å². The lowest BCUT2D eigenvalue weighted by Crippen LogP contribution is -2.58. The Morgan fingerprint density at radius 2 is 1.96 bits per heavy atom. The number of amides is 2. The predicted molar refractivity (Wildman–Crippen MR) is 104 cm³/mol. The van der Waals surface area contributed by atoms with Gasteiger partial charge in [-0.15, -0.1) is 0 Å². The Hall–Kier alpha value is -2.15. The van der Waals surface area contributed by atoms with Crippen LogP contribution in [0, 0.1) is 11.3 Å². The molecule has 0 radical (unpaired) electrons. The number of aliphatic hydroxyl groups excluding tert-OH is 1. The molecular formula is C21H29N3O4. The zero-order chi connectivity index (χ0) is 19.9. The van der Waals surface area contributed by atoms with Crippen molar-refractivity contribution in [3.05, 3.63) is 34.2 Å².